The molecule has 4 unspecified atom stereocenters. The summed E-state index contributed by atoms with van der Waals surface area (Å²) >= 11 is 0. The average molecular weight is 446 g/mol. The Morgan fingerprint density at radius 2 is 1.39 bits per heavy atom. The van der Waals surface area contributed by atoms with Crippen LogP contribution >= 0.6 is 0 Å². The first-order valence-corrected chi connectivity index (χ1v) is 9.37. The molecule has 0 rings (SSSR count). The Bertz CT molecular complexity index is 698. The monoisotopic (exact) mass is 446 g/mol. The molecule has 14 nitrogen and oxygen atoms in total. The molecule has 0 aliphatic heterocycles. The van der Waals surface area contributed by atoms with Gasteiger partial charge in [0.1, 0.15) is 18.1 Å². The summed E-state index contributed by atoms with van der Waals surface area (Å²) in [6, 6.07) is -5.48. The van der Waals surface area contributed by atoms with Crippen molar-refractivity contribution in [2.24, 2.45) is 23.1 Å². The van der Waals surface area contributed by atoms with Gasteiger partial charge in [-0.3, -0.25) is 24.0 Å². The average Bonchev–Trinajstić information content (AvgIpc) is 2.66. The molecule has 0 saturated carbocycles. The van der Waals surface area contributed by atoms with Crippen molar-refractivity contribution >= 4 is 35.5 Å². The van der Waals surface area contributed by atoms with Crippen molar-refractivity contribution in [2.45, 2.75) is 57.3 Å². The number of hydrogen-bond donors (Lipinski definition) is 8. The lowest BCUT2D eigenvalue weighted by molar-refractivity contribution is -0.144. The number of carbonyl (C=O) groups excluding carboxylic acids is 5. The minimum absolute atomic E-state index is 0.0750. The number of rotatable bonds is 14. The first-order chi connectivity index (χ1) is 14.3. The van der Waals surface area contributed by atoms with Crippen LogP contribution in [0, 0.1) is 5.92 Å². The Labute approximate surface area is 178 Å². The number of carbonyl (C=O) groups is 6. The number of amides is 5. The van der Waals surface area contributed by atoms with E-state index in [9.17, 15) is 33.9 Å². The van der Waals surface area contributed by atoms with Crippen LogP contribution in [0.15, 0.2) is 0 Å². The van der Waals surface area contributed by atoms with Gasteiger partial charge in [0.15, 0.2) is 0 Å². The van der Waals surface area contributed by atoms with Gasteiger partial charge in [0.25, 0.3) is 0 Å². The number of hydrogen-bond acceptors (Lipinski definition) is 8. The van der Waals surface area contributed by atoms with Crippen molar-refractivity contribution in [3.05, 3.63) is 0 Å². The maximum Gasteiger partial charge on any atom is 0.326 e. The van der Waals surface area contributed by atoms with Crippen LogP contribution in [0.25, 0.3) is 0 Å². The minimum atomic E-state index is -1.60. The van der Waals surface area contributed by atoms with E-state index in [1.807, 2.05) is 0 Å². The molecule has 14 heteroatoms. The van der Waals surface area contributed by atoms with Crippen LogP contribution in [0.1, 0.15) is 33.1 Å². The second-order valence-electron chi connectivity index (χ2n) is 7.16. The van der Waals surface area contributed by atoms with Gasteiger partial charge in [0, 0.05) is 6.42 Å². The molecule has 0 aromatic rings. The van der Waals surface area contributed by atoms with Gasteiger partial charge in [-0.25, -0.2) is 4.79 Å². The molecule has 0 aliphatic rings. The lowest BCUT2D eigenvalue weighted by Crippen LogP contribution is -2.59. The fourth-order valence-electron chi connectivity index (χ4n) is 2.35. The zero-order chi connectivity index (χ0) is 24.3. The highest BCUT2D eigenvalue weighted by Crippen LogP contribution is 2.05. The summed E-state index contributed by atoms with van der Waals surface area (Å²) < 4.78 is 0. The first kappa shape index (κ1) is 27.7. The third-order valence-corrected chi connectivity index (χ3v) is 4.12. The van der Waals surface area contributed by atoms with Gasteiger partial charge in [0.05, 0.1) is 19.1 Å². The largest absolute Gasteiger partial charge is 0.480 e. The van der Waals surface area contributed by atoms with Crippen molar-refractivity contribution in [3.8, 4) is 0 Å². The minimum Gasteiger partial charge on any atom is -0.480 e. The normalized spacial score (nSPS) is 14.6. The van der Waals surface area contributed by atoms with Gasteiger partial charge in [0.2, 0.25) is 29.5 Å². The Morgan fingerprint density at radius 3 is 1.81 bits per heavy atom. The number of carboxylic acid groups (broad SMARTS) is 1. The van der Waals surface area contributed by atoms with Gasteiger partial charge >= 0.3 is 5.97 Å². The van der Waals surface area contributed by atoms with E-state index < -0.39 is 78.6 Å². The van der Waals surface area contributed by atoms with E-state index >= 15 is 0 Å². The second-order valence-corrected chi connectivity index (χ2v) is 7.16. The fraction of sp³-hybridized carbons (Fsp3) is 0.647. The predicted octanol–water partition coefficient (Wildman–Crippen LogP) is -4.36. The molecular weight excluding hydrogens is 416 g/mol. The predicted molar refractivity (Wildman–Crippen MR) is 106 cm³/mol. The summed E-state index contributed by atoms with van der Waals surface area (Å²) in [5.74, 6) is -6.30. The van der Waals surface area contributed by atoms with Gasteiger partial charge in [-0.2, -0.15) is 0 Å². The summed E-state index contributed by atoms with van der Waals surface area (Å²) in [5.41, 5.74) is 15.5. The Kier molecular flexibility index (Phi) is 11.7. The molecule has 176 valence electrons. The molecule has 5 amide bonds. The van der Waals surface area contributed by atoms with E-state index in [2.05, 4.69) is 16.0 Å². The number of aliphatic hydroxyl groups is 1. The van der Waals surface area contributed by atoms with Crippen LogP contribution in [0.4, 0.5) is 0 Å². The van der Waals surface area contributed by atoms with E-state index in [1.54, 1.807) is 13.8 Å². The first-order valence-electron chi connectivity index (χ1n) is 9.37. The van der Waals surface area contributed by atoms with E-state index in [0.29, 0.717) is 0 Å². The van der Waals surface area contributed by atoms with Crippen molar-refractivity contribution in [3.63, 3.8) is 0 Å². The molecule has 0 heterocycles. The Morgan fingerprint density at radius 1 is 0.839 bits per heavy atom. The topological polar surface area (TPSA) is 257 Å². The maximum absolute atomic E-state index is 12.5. The molecule has 0 fully saturated rings. The van der Waals surface area contributed by atoms with Crippen LogP contribution in [0.2, 0.25) is 0 Å². The highest BCUT2D eigenvalue weighted by atomic mass is 16.4. The number of nitrogens with two attached hydrogens (primary N) is 3. The highest BCUT2D eigenvalue weighted by molar-refractivity contribution is 5.95. The zero-order valence-corrected chi connectivity index (χ0v) is 17.3. The fourth-order valence-corrected chi connectivity index (χ4v) is 2.35. The van der Waals surface area contributed by atoms with E-state index in [4.69, 9.17) is 22.3 Å². The van der Waals surface area contributed by atoms with Gasteiger partial charge in [-0.05, 0) is 12.3 Å². The molecule has 11 N–H and O–H groups in total. The molecular formula is C17H30N6O8. The second kappa shape index (κ2) is 13.1. The van der Waals surface area contributed by atoms with E-state index in [0.717, 1.165) is 0 Å². The number of aliphatic hydroxyl groups excluding tert-OH is 1. The van der Waals surface area contributed by atoms with Gasteiger partial charge in [-0.1, -0.05) is 13.8 Å². The molecule has 0 aliphatic carbocycles. The third-order valence-electron chi connectivity index (χ3n) is 4.12. The van der Waals surface area contributed by atoms with Gasteiger partial charge in [-0.15, -0.1) is 0 Å². The number of primary amides is 2. The van der Waals surface area contributed by atoms with Gasteiger partial charge < -0.3 is 43.4 Å². The quantitative estimate of drug-likeness (QED) is 0.128. The van der Waals surface area contributed by atoms with Crippen LogP contribution in [-0.2, 0) is 28.8 Å². The molecule has 0 radical (unpaired) electrons. The van der Waals surface area contributed by atoms with Crippen LogP contribution in [0.3, 0.4) is 0 Å². The van der Waals surface area contributed by atoms with E-state index in [1.165, 1.54) is 0 Å². The Hall–Kier alpha value is -3.26. The summed E-state index contributed by atoms with van der Waals surface area (Å²) in [6.07, 6.45) is -0.886. The number of aliphatic carboxylic acids is 1. The molecule has 0 bridgehead atoms. The molecule has 0 spiro atoms. The summed E-state index contributed by atoms with van der Waals surface area (Å²) in [6.45, 7) is 2.29. The highest BCUT2D eigenvalue weighted by Gasteiger charge is 2.32. The van der Waals surface area contributed by atoms with Crippen molar-refractivity contribution in [2.75, 3.05) is 6.61 Å². The standard InChI is InChI=1S/C17H30N6O8/c1-7(2)13(16(29)21-9(17(30)31)5-12(20)26)23-15(28)10(6-24)22-14(27)8(18)3-4-11(19)25/h7-10,13,24H,3-6,18H2,1-2H3,(H2,19,25)(H2,20,26)(H,21,29)(H,22,27)(H,23,28)(H,30,31). The lowest BCUT2D eigenvalue weighted by Gasteiger charge is -2.26. The summed E-state index contributed by atoms with van der Waals surface area (Å²) in [7, 11) is 0. The van der Waals surface area contributed by atoms with Crippen molar-refractivity contribution in [1.29, 1.82) is 0 Å². The zero-order valence-electron chi connectivity index (χ0n) is 17.3. The summed E-state index contributed by atoms with van der Waals surface area (Å²) in [4.78, 5) is 69.9. The molecule has 0 saturated heterocycles. The van der Waals surface area contributed by atoms with Crippen molar-refractivity contribution in [1.82, 2.24) is 16.0 Å². The third kappa shape index (κ3) is 10.4. The summed E-state index contributed by atoms with van der Waals surface area (Å²) in [5, 5.41) is 25.1. The van der Waals surface area contributed by atoms with Crippen LogP contribution in [0.5, 0.6) is 0 Å². The lowest BCUT2D eigenvalue weighted by atomic mass is 10.0. The van der Waals surface area contributed by atoms with Crippen LogP contribution < -0.4 is 33.2 Å². The smallest absolute Gasteiger partial charge is 0.326 e. The molecule has 0 aromatic carbocycles. The molecule has 31 heavy (non-hydrogen) atoms. The number of nitrogens with one attached hydrogen (secondary N) is 3. The van der Waals surface area contributed by atoms with E-state index in [-0.39, 0.29) is 12.8 Å². The maximum atomic E-state index is 12.5. The van der Waals surface area contributed by atoms with Crippen LogP contribution in [-0.4, -0.2) is 76.5 Å². The number of carboxylic acids is 1. The molecule has 4 atom stereocenters. The Balaban J connectivity index is 5.16. The SMILES string of the molecule is CC(C)C(NC(=O)C(CO)NC(=O)C(N)CCC(N)=O)C(=O)NC(CC(N)=O)C(=O)O. The van der Waals surface area contributed by atoms with Crippen molar-refractivity contribution < 1.29 is 39.0 Å². The molecule has 0 aromatic heterocycles.